The van der Waals surface area contributed by atoms with Crippen molar-refractivity contribution in [3.05, 3.63) is 76.8 Å². The van der Waals surface area contributed by atoms with Gasteiger partial charge in [0, 0.05) is 18.8 Å². The molecule has 26 heavy (non-hydrogen) atoms. The second kappa shape index (κ2) is 7.23. The summed E-state index contributed by atoms with van der Waals surface area (Å²) < 4.78 is 0. The van der Waals surface area contributed by atoms with Gasteiger partial charge in [0.15, 0.2) is 0 Å². The lowest BCUT2D eigenvalue weighted by atomic mass is 10.1. The Morgan fingerprint density at radius 1 is 1.04 bits per heavy atom. The predicted octanol–water partition coefficient (Wildman–Crippen LogP) is 4.21. The van der Waals surface area contributed by atoms with Gasteiger partial charge in [-0.3, -0.25) is 14.9 Å². The first-order valence-electron chi connectivity index (χ1n) is 8.23. The van der Waals surface area contributed by atoms with E-state index < -0.39 is 11.0 Å². The largest absolute Gasteiger partial charge is 0.363 e. The average molecular weight is 349 g/mol. The van der Waals surface area contributed by atoms with E-state index in [0.29, 0.717) is 0 Å². The molecule has 0 bridgehead atoms. The fourth-order valence-corrected chi connectivity index (χ4v) is 2.77. The Morgan fingerprint density at radius 3 is 2.42 bits per heavy atom. The maximum Gasteiger partial charge on any atom is 0.292 e. The summed E-state index contributed by atoms with van der Waals surface area (Å²) in [5.74, 6) is -0.310. The van der Waals surface area contributed by atoms with Gasteiger partial charge in [-0.05, 0) is 35.9 Å². The number of carbonyl (C=O) groups excluding carboxylic acids is 1. The Bertz CT molecular complexity index is 971. The molecule has 0 spiro atoms. The zero-order chi connectivity index (χ0) is 18.7. The van der Waals surface area contributed by atoms with Gasteiger partial charge in [-0.2, -0.15) is 0 Å². The van der Waals surface area contributed by atoms with Crippen LogP contribution in [0.2, 0.25) is 0 Å². The van der Waals surface area contributed by atoms with Crippen molar-refractivity contribution >= 4 is 33.7 Å². The molecule has 3 aromatic carbocycles. The lowest BCUT2D eigenvalue weighted by molar-refractivity contribution is -0.383. The van der Waals surface area contributed by atoms with Crippen LogP contribution in [0.5, 0.6) is 0 Å². The number of hydrogen-bond acceptors (Lipinski definition) is 4. The molecule has 3 aromatic rings. The van der Waals surface area contributed by atoms with Crippen molar-refractivity contribution in [3.8, 4) is 0 Å². The third-order valence-electron chi connectivity index (χ3n) is 4.46. The van der Waals surface area contributed by atoms with Crippen molar-refractivity contribution in [2.75, 3.05) is 17.3 Å². The summed E-state index contributed by atoms with van der Waals surface area (Å²) in [6.45, 7) is 1.76. The van der Waals surface area contributed by atoms with E-state index in [1.165, 1.54) is 12.1 Å². The molecule has 0 radical (unpaired) electrons. The zero-order valence-electron chi connectivity index (χ0n) is 14.5. The third kappa shape index (κ3) is 3.49. The van der Waals surface area contributed by atoms with Crippen LogP contribution in [0.15, 0.2) is 66.7 Å². The Balaban J connectivity index is 1.80. The maximum absolute atomic E-state index is 12.6. The van der Waals surface area contributed by atoms with Crippen molar-refractivity contribution in [1.29, 1.82) is 0 Å². The summed E-state index contributed by atoms with van der Waals surface area (Å²) in [4.78, 5) is 25.0. The highest BCUT2D eigenvalue weighted by atomic mass is 16.6. The standard InChI is InChI=1S/C20H19N3O3/c1-14(20(24)21-18-9-5-6-10-19(18)23(25)26)22(2)17-12-11-15-7-3-4-8-16(15)13-17/h3-14H,1-2H3,(H,21,24)/t14-/m1/s1. The van der Waals surface area contributed by atoms with Crippen LogP contribution in [0, 0.1) is 10.1 Å². The number of hydrogen-bond donors (Lipinski definition) is 1. The minimum Gasteiger partial charge on any atom is -0.363 e. The van der Waals surface area contributed by atoms with Gasteiger partial charge in [-0.1, -0.05) is 42.5 Å². The summed E-state index contributed by atoms with van der Waals surface area (Å²) >= 11 is 0. The van der Waals surface area contributed by atoms with Gasteiger partial charge in [-0.25, -0.2) is 0 Å². The molecule has 0 aliphatic rings. The summed E-state index contributed by atoms with van der Waals surface area (Å²) in [5.41, 5.74) is 0.969. The number of nitrogens with one attached hydrogen (secondary N) is 1. The first-order valence-corrected chi connectivity index (χ1v) is 8.23. The van der Waals surface area contributed by atoms with Crippen LogP contribution >= 0.6 is 0 Å². The molecular formula is C20H19N3O3. The molecule has 0 aliphatic heterocycles. The smallest absolute Gasteiger partial charge is 0.292 e. The molecule has 1 atom stereocenters. The number of nitrogens with zero attached hydrogens (tertiary/aromatic N) is 2. The van der Waals surface area contributed by atoms with Crippen LogP contribution in [0.4, 0.5) is 17.1 Å². The van der Waals surface area contributed by atoms with Crippen molar-refractivity contribution in [2.24, 2.45) is 0 Å². The van der Waals surface area contributed by atoms with E-state index in [2.05, 4.69) is 5.32 Å². The van der Waals surface area contributed by atoms with Gasteiger partial charge in [0.2, 0.25) is 5.91 Å². The molecule has 0 aromatic heterocycles. The topological polar surface area (TPSA) is 75.5 Å². The van der Waals surface area contributed by atoms with Crippen molar-refractivity contribution in [2.45, 2.75) is 13.0 Å². The van der Waals surface area contributed by atoms with Crippen LogP contribution in [0.3, 0.4) is 0 Å². The lowest BCUT2D eigenvalue weighted by Gasteiger charge is -2.26. The fourth-order valence-electron chi connectivity index (χ4n) is 2.77. The Kier molecular flexibility index (Phi) is 4.84. The Morgan fingerprint density at radius 2 is 1.69 bits per heavy atom. The van der Waals surface area contributed by atoms with E-state index in [1.807, 2.05) is 54.4 Å². The molecule has 1 N–H and O–H groups in total. The zero-order valence-corrected chi connectivity index (χ0v) is 14.5. The summed E-state index contributed by atoms with van der Waals surface area (Å²) in [5, 5.41) is 16.0. The molecule has 0 fully saturated rings. The highest BCUT2D eigenvalue weighted by molar-refractivity contribution is 5.98. The first-order chi connectivity index (χ1) is 12.5. The van der Waals surface area contributed by atoms with Crippen LogP contribution < -0.4 is 10.2 Å². The summed E-state index contributed by atoms with van der Waals surface area (Å²) in [6, 6.07) is 19.6. The second-order valence-electron chi connectivity index (χ2n) is 6.08. The number of nitro groups is 1. The number of nitro benzene ring substituents is 1. The van der Waals surface area contributed by atoms with Crippen LogP contribution in [0.1, 0.15) is 6.92 Å². The van der Waals surface area contributed by atoms with E-state index in [9.17, 15) is 14.9 Å². The quantitative estimate of drug-likeness (QED) is 0.553. The normalized spacial score (nSPS) is 11.8. The third-order valence-corrected chi connectivity index (χ3v) is 4.46. The number of rotatable bonds is 5. The van der Waals surface area contributed by atoms with E-state index in [1.54, 1.807) is 19.1 Å². The first kappa shape index (κ1) is 17.4. The summed E-state index contributed by atoms with van der Waals surface area (Å²) in [7, 11) is 1.83. The molecule has 0 saturated carbocycles. The minimum absolute atomic E-state index is 0.124. The van der Waals surface area contributed by atoms with E-state index in [4.69, 9.17) is 0 Å². The molecule has 0 saturated heterocycles. The van der Waals surface area contributed by atoms with Gasteiger partial charge in [0.25, 0.3) is 5.69 Å². The fraction of sp³-hybridized carbons (Fsp3) is 0.150. The maximum atomic E-state index is 12.6. The minimum atomic E-state index is -0.507. The molecule has 1 amide bonds. The number of benzene rings is 3. The van der Waals surface area contributed by atoms with Crippen LogP contribution in [-0.2, 0) is 4.79 Å². The second-order valence-corrected chi connectivity index (χ2v) is 6.08. The highest BCUT2D eigenvalue weighted by Crippen LogP contribution is 2.25. The summed E-state index contributed by atoms with van der Waals surface area (Å²) in [6.07, 6.45) is 0. The van der Waals surface area contributed by atoms with Gasteiger partial charge < -0.3 is 10.2 Å². The van der Waals surface area contributed by atoms with Crippen molar-refractivity contribution < 1.29 is 9.72 Å². The number of likely N-dealkylation sites (N-methyl/N-ethyl adjacent to an activating group) is 1. The van der Waals surface area contributed by atoms with Crippen LogP contribution in [0.25, 0.3) is 10.8 Å². The molecular weight excluding hydrogens is 330 g/mol. The number of para-hydroxylation sites is 2. The molecule has 0 unspecified atom stereocenters. The van der Waals surface area contributed by atoms with E-state index in [-0.39, 0.29) is 17.3 Å². The number of amides is 1. The average Bonchev–Trinajstić information content (AvgIpc) is 2.66. The van der Waals surface area contributed by atoms with Crippen molar-refractivity contribution in [3.63, 3.8) is 0 Å². The van der Waals surface area contributed by atoms with E-state index >= 15 is 0 Å². The predicted molar refractivity (Wildman–Crippen MR) is 104 cm³/mol. The molecule has 0 heterocycles. The van der Waals surface area contributed by atoms with Crippen molar-refractivity contribution in [1.82, 2.24) is 0 Å². The SMILES string of the molecule is C[C@H](C(=O)Nc1ccccc1[N+](=O)[O-])N(C)c1ccc2ccccc2c1. The molecule has 3 rings (SSSR count). The lowest BCUT2D eigenvalue weighted by Crippen LogP contribution is -2.39. The number of carbonyl (C=O) groups is 1. The Hall–Kier alpha value is -3.41. The molecule has 132 valence electrons. The number of fused-ring (bicyclic) bond motifs is 1. The molecule has 0 aliphatic carbocycles. The number of anilines is 2. The van der Waals surface area contributed by atoms with Gasteiger partial charge >= 0.3 is 0 Å². The van der Waals surface area contributed by atoms with E-state index in [0.717, 1.165) is 16.5 Å². The van der Waals surface area contributed by atoms with Crippen LogP contribution in [-0.4, -0.2) is 23.9 Å². The Labute approximate surface area is 151 Å². The van der Waals surface area contributed by atoms with Gasteiger partial charge in [0.05, 0.1) is 4.92 Å². The molecule has 6 nitrogen and oxygen atoms in total. The van der Waals surface area contributed by atoms with Gasteiger partial charge in [0.1, 0.15) is 11.7 Å². The van der Waals surface area contributed by atoms with Gasteiger partial charge in [-0.15, -0.1) is 0 Å². The monoisotopic (exact) mass is 349 g/mol. The molecule has 6 heteroatoms. The highest BCUT2D eigenvalue weighted by Gasteiger charge is 2.22.